The molecule has 26 heavy (non-hydrogen) atoms. The molecule has 0 aliphatic carbocycles. The van der Waals surface area contributed by atoms with Gasteiger partial charge in [0.2, 0.25) is 0 Å². The van der Waals surface area contributed by atoms with Crippen molar-refractivity contribution in [3.8, 4) is 11.4 Å². The van der Waals surface area contributed by atoms with Crippen LogP contribution < -0.4 is 0 Å². The van der Waals surface area contributed by atoms with E-state index in [0.29, 0.717) is 5.92 Å². The SMILES string of the molecule is Cc1cc(C(=O)N2CCC(c3nc(-c4ccccc4)n[nH]3)CC2)c(C)[nH]1. The van der Waals surface area contributed by atoms with Gasteiger partial charge >= 0.3 is 0 Å². The topological polar surface area (TPSA) is 77.7 Å². The van der Waals surface area contributed by atoms with E-state index in [1.165, 1.54) is 0 Å². The van der Waals surface area contributed by atoms with Crippen LogP contribution in [0.1, 0.15) is 46.3 Å². The zero-order valence-corrected chi connectivity index (χ0v) is 15.1. The molecule has 6 nitrogen and oxygen atoms in total. The van der Waals surface area contributed by atoms with E-state index in [0.717, 1.165) is 60.1 Å². The van der Waals surface area contributed by atoms with Crippen LogP contribution in [0.25, 0.3) is 11.4 Å². The summed E-state index contributed by atoms with van der Waals surface area (Å²) >= 11 is 0. The van der Waals surface area contributed by atoms with Gasteiger partial charge in [0, 0.05) is 36.0 Å². The van der Waals surface area contributed by atoms with E-state index in [9.17, 15) is 4.79 Å². The number of aromatic nitrogens is 4. The van der Waals surface area contributed by atoms with Crippen LogP contribution in [0.15, 0.2) is 36.4 Å². The first-order valence-electron chi connectivity index (χ1n) is 9.05. The van der Waals surface area contributed by atoms with E-state index >= 15 is 0 Å². The number of hydrogen-bond acceptors (Lipinski definition) is 3. The first kappa shape index (κ1) is 16.6. The Balaban J connectivity index is 1.42. The number of piperidine rings is 1. The summed E-state index contributed by atoms with van der Waals surface area (Å²) in [6, 6.07) is 11.9. The molecule has 3 aromatic rings. The highest BCUT2D eigenvalue weighted by atomic mass is 16.2. The van der Waals surface area contributed by atoms with Crippen molar-refractivity contribution in [2.24, 2.45) is 0 Å². The predicted octanol–water partition coefficient (Wildman–Crippen LogP) is 3.44. The number of carbonyl (C=O) groups excluding carboxylic acids is 1. The number of aryl methyl sites for hydroxylation is 2. The summed E-state index contributed by atoms with van der Waals surface area (Å²) in [4.78, 5) is 22.6. The Morgan fingerprint density at radius 3 is 2.54 bits per heavy atom. The number of benzene rings is 1. The van der Waals surface area contributed by atoms with E-state index in [1.807, 2.05) is 55.1 Å². The van der Waals surface area contributed by atoms with Gasteiger partial charge < -0.3 is 9.88 Å². The van der Waals surface area contributed by atoms with Crippen LogP contribution in [0.5, 0.6) is 0 Å². The molecule has 2 aromatic heterocycles. The van der Waals surface area contributed by atoms with Gasteiger partial charge in [-0.15, -0.1) is 0 Å². The minimum Gasteiger partial charge on any atom is -0.362 e. The van der Waals surface area contributed by atoms with Crippen LogP contribution in [0.2, 0.25) is 0 Å². The smallest absolute Gasteiger partial charge is 0.255 e. The van der Waals surface area contributed by atoms with Crippen molar-refractivity contribution in [2.75, 3.05) is 13.1 Å². The maximum absolute atomic E-state index is 12.7. The van der Waals surface area contributed by atoms with Gasteiger partial charge in [-0.25, -0.2) is 4.98 Å². The maximum atomic E-state index is 12.7. The molecule has 0 atom stereocenters. The van der Waals surface area contributed by atoms with Gasteiger partial charge in [0.15, 0.2) is 5.82 Å². The average Bonchev–Trinajstić information content (AvgIpc) is 3.29. The molecule has 3 heterocycles. The highest BCUT2D eigenvalue weighted by Crippen LogP contribution is 2.28. The number of carbonyl (C=O) groups is 1. The van der Waals surface area contributed by atoms with Crippen LogP contribution in [-0.2, 0) is 0 Å². The predicted molar refractivity (Wildman–Crippen MR) is 100.0 cm³/mol. The number of H-pyrrole nitrogens is 2. The molecule has 1 aliphatic heterocycles. The van der Waals surface area contributed by atoms with Crippen molar-refractivity contribution in [3.05, 3.63) is 59.2 Å². The molecule has 4 rings (SSSR count). The number of rotatable bonds is 3. The van der Waals surface area contributed by atoms with Gasteiger partial charge in [-0.3, -0.25) is 9.89 Å². The standard InChI is InChI=1S/C20H23N5O/c1-13-12-17(14(2)21-13)20(26)25-10-8-16(9-11-25)19-22-18(23-24-19)15-6-4-3-5-7-15/h3-7,12,16,21H,8-11H2,1-2H3,(H,22,23,24). The zero-order chi connectivity index (χ0) is 18.1. The summed E-state index contributed by atoms with van der Waals surface area (Å²) in [5.41, 5.74) is 3.76. The second-order valence-electron chi connectivity index (χ2n) is 6.97. The van der Waals surface area contributed by atoms with Crippen molar-refractivity contribution in [1.82, 2.24) is 25.1 Å². The van der Waals surface area contributed by atoms with Crippen LogP contribution >= 0.6 is 0 Å². The van der Waals surface area contributed by atoms with Crippen LogP contribution in [0.4, 0.5) is 0 Å². The minimum atomic E-state index is 0.118. The summed E-state index contributed by atoms with van der Waals surface area (Å²) in [7, 11) is 0. The van der Waals surface area contributed by atoms with E-state index in [1.54, 1.807) is 0 Å². The third-order valence-electron chi connectivity index (χ3n) is 5.08. The third kappa shape index (κ3) is 3.14. The number of hydrogen-bond donors (Lipinski definition) is 2. The molecule has 1 fully saturated rings. The molecule has 134 valence electrons. The second-order valence-corrected chi connectivity index (χ2v) is 6.97. The quantitative estimate of drug-likeness (QED) is 0.760. The lowest BCUT2D eigenvalue weighted by atomic mass is 9.95. The molecule has 1 amide bonds. The fourth-order valence-electron chi connectivity index (χ4n) is 3.65. The number of nitrogens with one attached hydrogen (secondary N) is 2. The van der Waals surface area contributed by atoms with E-state index in [-0.39, 0.29) is 5.91 Å². The zero-order valence-electron chi connectivity index (χ0n) is 15.1. The molecule has 0 radical (unpaired) electrons. The highest BCUT2D eigenvalue weighted by molar-refractivity contribution is 5.95. The van der Waals surface area contributed by atoms with Crippen molar-refractivity contribution in [2.45, 2.75) is 32.6 Å². The van der Waals surface area contributed by atoms with Crippen molar-refractivity contribution >= 4 is 5.91 Å². The van der Waals surface area contributed by atoms with E-state index in [4.69, 9.17) is 0 Å². The number of amides is 1. The van der Waals surface area contributed by atoms with Crippen LogP contribution in [-0.4, -0.2) is 44.1 Å². The lowest BCUT2D eigenvalue weighted by molar-refractivity contribution is 0.0710. The molecule has 0 unspecified atom stereocenters. The molecule has 1 aromatic carbocycles. The molecule has 1 saturated heterocycles. The largest absolute Gasteiger partial charge is 0.362 e. The van der Waals surface area contributed by atoms with Crippen molar-refractivity contribution < 1.29 is 4.79 Å². The van der Waals surface area contributed by atoms with Gasteiger partial charge in [-0.1, -0.05) is 30.3 Å². The number of nitrogens with zero attached hydrogens (tertiary/aromatic N) is 3. The van der Waals surface area contributed by atoms with Crippen molar-refractivity contribution in [3.63, 3.8) is 0 Å². The monoisotopic (exact) mass is 349 g/mol. The van der Waals surface area contributed by atoms with Gasteiger partial charge in [0.25, 0.3) is 5.91 Å². The normalized spacial score (nSPS) is 15.4. The fraction of sp³-hybridized carbons (Fsp3) is 0.350. The lowest BCUT2D eigenvalue weighted by Crippen LogP contribution is -2.38. The van der Waals surface area contributed by atoms with Gasteiger partial charge in [0.1, 0.15) is 5.82 Å². The van der Waals surface area contributed by atoms with Crippen LogP contribution in [0.3, 0.4) is 0 Å². The number of aromatic amines is 2. The Morgan fingerprint density at radius 1 is 1.15 bits per heavy atom. The summed E-state index contributed by atoms with van der Waals surface area (Å²) in [6.45, 7) is 5.42. The maximum Gasteiger partial charge on any atom is 0.255 e. The van der Waals surface area contributed by atoms with Gasteiger partial charge in [-0.2, -0.15) is 5.10 Å². The number of likely N-dealkylation sites (tertiary alicyclic amines) is 1. The lowest BCUT2D eigenvalue weighted by Gasteiger charge is -2.31. The molecular weight excluding hydrogens is 326 g/mol. The summed E-state index contributed by atoms with van der Waals surface area (Å²) in [6.07, 6.45) is 1.80. The fourth-order valence-corrected chi connectivity index (χ4v) is 3.65. The molecule has 0 spiro atoms. The Morgan fingerprint density at radius 2 is 1.88 bits per heavy atom. The Labute approximate surface area is 152 Å². The Bertz CT molecular complexity index is 903. The van der Waals surface area contributed by atoms with Crippen LogP contribution in [0, 0.1) is 13.8 Å². The molecular formula is C20H23N5O. The van der Waals surface area contributed by atoms with Gasteiger partial charge in [0.05, 0.1) is 5.56 Å². The molecule has 0 saturated carbocycles. The first-order chi connectivity index (χ1) is 12.6. The third-order valence-corrected chi connectivity index (χ3v) is 5.08. The second kappa shape index (κ2) is 6.78. The molecule has 0 bridgehead atoms. The summed E-state index contributed by atoms with van der Waals surface area (Å²) < 4.78 is 0. The molecule has 1 aliphatic rings. The van der Waals surface area contributed by atoms with Crippen molar-refractivity contribution in [1.29, 1.82) is 0 Å². The minimum absolute atomic E-state index is 0.118. The average molecular weight is 349 g/mol. The van der Waals surface area contributed by atoms with Gasteiger partial charge in [-0.05, 0) is 32.8 Å². The summed E-state index contributed by atoms with van der Waals surface area (Å²) in [5.74, 6) is 2.09. The Kier molecular flexibility index (Phi) is 4.32. The van der Waals surface area contributed by atoms with E-state index < -0.39 is 0 Å². The first-order valence-corrected chi connectivity index (χ1v) is 9.05. The Hall–Kier alpha value is -2.89. The summed E-state index contributed by atoms with van der Waals surface area (Å²) in [5, 5.41) is 7.45. The molecule has 2 N–H and O–H groups in total. The highest BCUT2D eigenvalue weighted by Gasteiger charge is 2.27. The molecule has 6 heteroatoms. The van der Waals surface area contributed by atoms with E-state index in [2.05, 4.69) is 20.2 Å².